The van der Waals surface area contributed by atoms with Gasteiger partial charge in [0.1, 0.15) is 0 Å². The Balaban J connectivity index is 3.12. The van der Waals surface area contributed by atoms with Gasteiger partial charge >= 0.3 is 0 Å². The summed E-state index contributed by atoms with van der Waals surface area (Å²) in [6, 6.07) is 5.01. The lowest BCUT2D eigenvalue weighted by atomic mass is 9.98. The molecule has 1 aromatic rings. The third-order valence-corrected chi connectivity index (χ3v) is 2.63. The lowest BCUT2D eigenvalue weighted by Crippen LogP contribution is -2.00. The summed E-state index contributed by atoms with van der Waals surface area (Å²) in [5.74, 6) is -0.283. The molecule has 16 heavy (non-hydrogen) atoms. The lowest BCUT2D eigenvalue weighted by molar-refractivity contribution is -0.385. The first-order chi connectivity index (χ1) is 7.60. The second-order valence-corrected chi connectivity index (χ2v) is 3.95. The first-order valence-corrected chi connectivity index (χ1v) is 5.43. The smallest absolute Gasteiger partial charge is 0.258 e. The van der Waals surface area contributed by atoms with Crippen molar-refractivity contribution < 1.29 is 9.31 Å². The van der Waals surface area contributed by atoms with Gasteiger partial charge in [-0.15, -0.1) is 0 Å². The predicted molar refractivity (Wildman–Crippen MR) is 61.5 cm³/mol. The van der Waals surface area contributed by atoms with Crippen molar-refractivity contribution in [3.8, 4) is 0 Å². The van der Waals surface area contributed by atoms with Crippen LogP contribution in [0.3, 0.4) is 0 Å². The fraction of sp³-hybridized carbons (Fsp3) is 0.500. The highest BCUT2D eigenvalue weighted by Crippen LogP contribution is 2.26. The van der Waals surface area contributed by atoms with E-state index in [1.54, 1.807) is 19.1 Å². The Hall–Kier alpha value is -1.45. The minimum absolute atomic E-state index is 0.111. The van der Waals surface area contributed by atoms with Gasteiger partial charge in [0, 0.05) is 17.5 Å². The van der Waals surface area contributed by atoms with Crippen molar-refractivity contribution in [1.82, 2.24) is 0 Å². The van der Waals surface area contributed by atoms with Gasteiger partial charge < -0.3 is 0 Å². The van der Waals surface area contributed by atoms with E-state index in [2.05, 4.69) is 0 Å². The molecule has 0 radical (unpaired) electrons. The Morgan fingerprint density at radius 2 is 2.19 bits per heavy atom. The molecule has 0 aliphatic carbocycles. The van der Waals surface area contributed by atoms with Crippen molar-refractivity contribution in [2.75, 3.05) is 6.67 Å². The van der Waals surface area contributed by atoms with E-state index in [1.165, 1.54) is 6.07 Å². The summed E-state index contributed by atoms with van der Waals surface area (Å²) in [4.78, 5) is 10.5. The lowest BCUT2D eigenvalue weighted by Gasteiger charge is -2.08. The van der Waals surface area contributed by atoms with Gasteiger partial charge in [0.05, 0.1) is 11.6 Å². The summed E-state index contributed by atoms with van der Waals surface area (Å²) in [6.07, 6.45) is 1.54. The Morgan fingerprint density at radius 1 is 1.50 bits per heavy atom. The zero-order valence-corrected chi connectivity index (χ0v) is 9.57. The molecule has 0 N–H and O–H groups in total. The van der Waals surface area contributed by atoms with Crippen molar-refractivity contribution in [2.24, 2.45) is 0 Å². The van der Waals surface area contributed by atoms with Crippen LogP contribution in [0.5, 0.6) is 0 Å². The quantitative estimate of drug-likeness (QED) is 0.567. The molecular formula is C12H16FNO2. The van der Waals surface area contributed by atoms with Crippen molar-refractivity contribution in [1.29, 1.82) is 0 Å². The molecule has 1 atom stereocenters. The number of hydrogen-bond donors (Lipinski definition) is 0. The fourth-order valence-corrected chi connectivity index (χ4v) is 1.63. The minimum Gasteiger partial charge on any atom is -0.258 e. The van der Waals surface area contributed by atoms with Gasteiger partial charge in [0.2, 0.25) is 0 Å². The number of halogens is 1. The molecule has 0 aliphatic rings. The maximum Gasteiger partial charge on any atom is 0.272 e. The largest absolute Gasteiger partial charge is 0.272 e. The van der Waals surface area contributed by atoms with Crippen LogP contribution in [0.25, 0.3) is 0 Å². The third-order valence-electron chi connectivity index (χ3n) is 2.63. The van der Waals surface area contributed by atoms with Gasteiger partial charge in [-0.25, -0.2) is 0 Å². The number of nitro groups is 1. The molecule has 1 unspecified atom stereocenters. The topological polar surface area (TPSA) is 43.1 Å². The monoisotopic (exact) mass is 225 g/mol. The Bertz CT molecular complexity index is 379. The second-order valence-electron chi connectivity index (χ2n) is 3.95. The highest BCUT2D eigenvalue weighted by molar-refractivity contribution is 5.44. The van der Waals surface area contributed by atoms with Crippen LogP contribution in [0, 0.1) is 10.1 Å². The number of rotatable bonds is 5. The summed E-state index contributed by atoms with van der Waals surface area (Å²) < 4.78 is 12.5. The molecule has 0 saturated carbocycles. The van der Waals surface area contributed by atoms with E-state index in [9.17, 15) is 14.5 Å². The van der Waals surface area contributed by atoms with E-state index in [4.69, 9.17) is 0 Å². The van der Waals surface area contributed by atoms with Crippen LogP contribution < -0.4 is 0 Å². The van der Waals surface area contributed by atoms with Gasteiger partial charge in [0.25, 0.3) is 5.69 Å². The summed E-state index contributed by atoms with van der Waals surface area (Å²) in [5, 5.41) is 10.9. The predicted octanol–water partition coefficient (Wildman–Crippen LogP) is 3.62. The molecule has 0 aromatic heterocycles. The number of alkyl halides is 1. The average Bonchev–Trinajstić information content (AvgIpc) is 2.28. The first-order valence-electron chi connectivity index (χ1n) is 5.43. The van der Waals surface area contributed by atoms with E-state index in [1.807, 2.05) is 6.92 Å². The second kappa shape index (κ2) is 5.58. The van der Waals surface area contributed by atoms with Crippen LogP contribution in [-0.4, -0.2) is 11.6 Å². The zero-order chi connectivity index (χ0) is 12.1. The highest BCUT2D eigenvalue weighted by atomic mass is 19.1. The maximum absolute atomic E-state index is 12.5. The SMILES string of the molecule is CCCc1ccc(C(C)CF)cc1[N+](=O)[O-]. The number of nitrogens with zero attached hydrogens (tertiary/aromatic N) is 1. The molecule has 0 aliphatic heterocycles. The van der Waals surface area contributed by atoms with Gasteiger partial charge in [-0.3, -0.25) is 14.5 Å². The summed E-state index contributed by atoms with van der Waals surface area (Å²) in [6.45, 7) is 3.20. The zero-order valence-electron chi connectivity index (χ0n) is 9.57. The van der Waals surface area contributed by atoms with Crippen LogP contribution in [0.4, 0.5) is 10.1 Å². The molecule has 0 fully saturated rings. The van der Waals surface area contributed by atoms with E-state index < -0.39 is 6.67 Å². The molecule has 1 rings (SSSR count). The molecule has 1 aromatic carbocycles. The Kier molecular flexibility index (Phi) is 4.40. The summed E-state index contributed by atoms with van der Waals surface area (Å²) >= 11 is 0. The molecule has 88 valence electrons. The summed E-state index contributed by atoms with van der Waals surface area (Å²) in [7, 11) is 0. The average molecular weight is 225 g/mol. The van der Waals surface area contributed by atoms with E-state index in [0.717, 1.165) is 12.0 Å². The third kappa shape index (κ3) is 2.78. The van der Waals surface area contributed by atoms with Crippen LogP contribution in [0.1, 0.15) is 37.3 Å². The molecule has 0 saturated heterocycles. The van der Waals surface area contributed by atoms with Gasteiger partial charge in [-0.1, -0.05) is 32.4 Å². The van der Waals surface area contributed by atoms with Crippen LogP contribution in [0.2, 0.25) is 0 Å². The molecule has 0 bridgehead atoms. The van der Waals surface area contributed by atoms with E-state index in [0.29, 0.717) is 12.0 Å². The Morgan fingerprint density at radius 3 is 2.69 bits per heavy atom. The van der Waals surface area contributed by atoms with Crippen molar-refractivity contribution in [2.45, 2.75) is 32.6 Å². The molecule has 0 spiro atoms. The van der Waals surface area contributed by atoms with E-state index >= 15 is 0 Å². The highest BCUT2D eigenvalue weighted by Gasteiger charge is 2.16. The minimum atomic E-state index is -0.496. The fourth-order valence-electron chi connectivity index (χ4n) is 1.63. The van der Waals surface area contributed by atoms with Crippen molar-refractivity contribution in [3.63, 3.8) is 0 Å². The standard InChI is InChI=1S/C12H16FNO2/c1-3-4-10-5-6-11(9(2)8-13)7-12(10)14(15)16/h5-7,9H,3-4,8H2,1-2H3. The molecule has 0 amide bonds. The van der Waals surface area contributed by atoms with Crippen molar-refractivity contribution in [3.05, 3.63) is 39.4 Å². The van der Waals surface area contributed by atoms with Crippen LogP contribution in [-0.2, 0) is 6.42 Å². The number of benzene rings is 1. The van der Waals surface area contributed by atoms with Crippen molar-refractivity contribution >= 4 is 5.69 Å². The molecular weight excluding hydrogens is 209 g/mol. The van der Waals surface area contributed by atoms with Gasteiger partial charge in [-0.2, -0.15) is 0 Å². The molecule has 3 nitrogen and oxygen atoms in total. The van der Waals surface area contributed by atoms with Gasteiger partial charge in [0.15, 0.2) is 0 Å². The normalized spacial score (nSPS) is 12.4. The molecule has 4 heteroatoms. The van der Waals surface area contributed by atoms with Crippen LogP contribution >= 0.6 is 0 Å². The van der Waals surface area contributed by atoms with Crippen LogP contribution in [0.15, 0.2) is 18.2 Å². The van der Waals surface area contributed by atoms with E-state index in [-0.39, 0.29) is 16.5 Å². The first kappa shape index (κ1) is 12.6. The number of nitro benzene ring substituents is 1. The Labute approximate surface area is 94.4 Å². The molecule has 0 heterocycles. The number of aryl methyl sites for hydroxylation is 1. The maximum atomic E-state index is 12.5. The van der Waals surface area contributed by atoms with Gasteiger partial charge in [-0.05, 0) is 12.0 Å². The number of hydrogen-bond acceptors (Lipinski definition) is 2. The summed E-state index contributed by atoms with van der Waals surface area (Å²) in [5.41, 5.74) is 1.52.